The van der Waals surface area contributed by atoms with Gasteiger partial charge in [-0.15, -0.1) is 10.2 Å². The predicted molar refractivity (Wildman–Crippen MR) is 132 cm³/mol. The maximum Gasteiger partial charge on any atom is 0.267 e. The highest BCUT2D eigenvalue weighted by atomic mass is 35.5. The molecule has 33 heavy (non-hydrogen) atoms. The first-order valence-electron chi connectivity index (χ1n) is 9.85. The Morgan fingerprint density at radius 1 is 0.970 bits per heavy atom. The van der Waals surface area contributed by atoms with E-state index < -0.39 is 0 Å². The normalized spacial score (nSPS) is 11.2. The number of carbonyl (C=O) groups is 1. The number of aromatic nitrogens is 4. The standard InChI is InChI=1S/C23H15Cl2N5O2S/c24-14-10-11-18(17(25)12-14)26-20(31)13-33-23-28-27-22-29(15-6-2-1-3-7-15)21(32)16-8-4-5-9-19(16)30(22)23/h1-12H,13H2,(H,26,31). The molecular formula is C23H15Cl2N5O2S. The molecule has 10 heteroatoms. The van der Waals surface area contributed by atoms with Crippen LogP contribution in [-0.2, 0) is 4.79 Å². The number of hydrogen-bond donors (Lipinski definition) is 1. The zero-order valence-corrected chi connectivity index (χ0v) is 19.2. The van der Waals surface area contributed by atoms with Gasteiger partial charge in [-0.3, -0.25) is 14.0 Å². The minimum atomic E-state index is -0.262. The van der Waals surface area contributed by atoms with E-state index in [1.807, 2.05) is 48.5 Å². The molecular weight excluding hydrogens is 481 g/mol. The smallest absolute Gasteiger partial charge is 0.267 e. The van der Waals surface area contributed by atoms with Gasteiger partial charge in [0.25, 0.3) is 5.56 Å². The van der Waals surface area contributed by atoms with Crippen molar-refractivity contribution in [3.63, 3.8) is 0 Å². The molecule has 1 N–H and O–H groups in total. The van der Waals surface area contributed by atoms with E-state index in [0.717, 1.165) is 0 Å². The quantitative estimate of drug-likeness (QED) is 0.344. The van der Waals surface area contributed by atoms with Crippen molar-refractivity contribution < 1.29 is 4.79 Å². The molecule has 0 bridgehead atoms. The number of carbonyl (C=O) groups excluding carboxylic acids is 1. The van der Waals surface area contributed by atoms with Gasteiger partial charge in [0.2, 0.25) is 11.7 Å². The Kier molecular flexibility index (Phi) is 5.80. The van der Waals surface area contributed by atoms with Gasteiger partial charge >= 0.3 is 0 Å². The highest BCUT2D eigenvalue weighted by Gasteiger charge is 2.18. The average molecular weight is 496 g/mol. The van der Waals surface area contributed by atoms with Gasteiger partial charge in [0.05, 0.1) is 33.1 Å². The summed E-state index contributed by atoms with van der Waals surface area (Å²) in [5.74, 6) is 0.175. The van der Waals surface area contributed by atoms with Crippen LogP contribution in [-0.4, -0.2) is 30.8 Å². The molecule has 0 saturated carbocycles. The summed E-state index contributed by atoms with van der Waals surface area (Å²) < 4.78 is 3.31. The third-order valence-corrected chi connectivity index (χ3v) is 6.42. The van der Waals surface area contributed by atoms with Gasteiger partial charge in [-0.1, -0.05) is 65.3 Å². The molecule has 0 radical (unpaired) electrons. The number of rotatable bonds is 5. The van der Waals surface area contributed by atoms with Gasteiger partial charge in [0.1, 0.15) is 0 Å². The van der Waals surface area contributed by atoms with Gasteiger partial charge in [-0.2, -0.15) is 0 Å². The summed E-state index contributed by atoms with van der Waals surface area (Å²) in [5.41, 5.74) is 1.63. The number of nitrogens with one attached hydrogen (secondary N) is 1. The minimum Gasteiger partial charge on any atom is -0.324 e. The first kappa shape index (κ1) is 21.5. The van der Waals surface area contributed by atoms with Gasteiger partial charge in [0, 0.05) is 5.02 Å². The second-order valence-electron chi connectivity index (χ2n) is 7.07. The summed E-state index contributed by atoms with van der Waals surface area (Å²) in [6, 6.07) is 21.4. The van der Waals surface area contributed by atoms with Crippen LogP contribution in [0.5, 0.6) is 0 Å². The molecule has 1 amide bonds. The SMILES string of the molecule is O=C(CSc1nnc2n(-c3ccccc3)c(=O)c3ccccc3n12)Nc1ccc(Cl)cc1Cl. The van der Waals surface area contributed by atoms with Gasteiger partial charge < -0.3 is 5.32 Å². The number of thioether (sulfide) groups is 1. The molecule has 0 aliphatic carbocycles. The van der Waals surface area contributed by atoms with E-state index in [9.17, 15) is 9.59 Å². The van der Waals surface area contributed by atoms with Crippen LogP contribution in [0.2, 0.25) is 10.0 Å². The number of fused-ring (bicyclic) bond motifs is 3. The zero-order chi connectivity index (χ0) is 22.9. The Labute approximate surface area is 202 Å². The maximum atomic E-state index is 13.3. The van der Waals surface area contributed by atoms with E-state index in [4.69, 9.17) is 23.2 Å². The van der Waals surface area contributed by atoms with Gasteiger partial charge in [-0.05, 0) is 42.5 Å². The van der Waals surface area contributed by atoms with Crippen LogP contribution in [0.1, 0.15) is 0 Å². The lowest BCUT2D eigenvalue weighted by molar-refractivity contribution is -0.113. The first-order chi connectivity index (χ1) is 16.0. The van der Waals surface area contributed by atoms with E-state index in [1.165, 1.54) is 16.3 Å². The summed E-state index contributed by atoms with van der Waals surface area (Å²) in [4.78, 5) is 25.8. The third kappa shape index (κ3) is 4.08. The first-order valence-corrected chi connectivity index (χ1v) is 11.6. The molecule has 3 aromatic carbocycles. The molecule has 5 aromatic rings. The summed E-state index contributed by atoms with van der Waals surface area (Å²) in [6.07, 6.45) is 0. The van der Waals surface area contributed by atoms with Crippen molar-refractivity contribution >= 4 is 63.2 Å². The van der Waals surface area contributed by atoms with Gasteiger partial charge in [0.15, 0.2) is 5.16 Å². The maximum absolute atomic E-state index is 13.3. The lowest BCUT2D eigenvalue weighted by Crippen LogP contribution is -2.21. The average Bonchev–Trinajstić information content (AvgIpc) is 3.24. The topological polar surface area (TPSA) is 81.3 Å². The molecule has 0 unspecified atom stereocenters. The second kappa shape index (κ2) is 8.90. The molecule has 0 fully saturated rings. The molecule has 0 spiro atoms. The van der Waals surface area contributed by atoms with Gasteiger partial charge in [-0.25, -0.2) is 4.57 Å². The monoisotopic (exact) mass is 495 g/mol. The van der Waals surface area contributed by atoms with Crippen LogP contribution < -0.4 is 10.9 Å². The molecule has 7 nitrogen and oxygen atoms in total. The number of amides is 1. The largest absolute Gasteiger partial charge is 0.324 e. The Morgan fingerprint density at radius 2 is 1.73 bits per heavy atom. The number of benzene rings is 3. The molecule has 164 valence electrons. The van der Waals surface area contributed by atoms with E-state index in [1.54, 1.807) is 28.7 Å². The number of para-hydroxylation sites is 2. The Hall–Kier alpha value is -3.33. The predicted octanol–water partition coefficient (Wildman–Crippen LogP) is 5.07. The van der Waals surface area contributed by atoms with E-state index in [-0.39, 0.29) is 17.2 Å². The fraction of sp³-hybridized carbons (Fsp3) is 0.0435. The fourth-order valence-corrected chi connectivity index (χ4v) is 4.68. The van der Waals surface area contributed by atoms with Crippen molar-refractivity contribution in [2.45, 2.75) is 5.16 Å². The van der Waals surface area contributed by atoms with E-state index in [0.29, 0.717) is 43.3 Å². The van der Waals surface area contributed by atoms with Crippen LogP contribution in [0.3, 0.4) is 0 Å². The minimum absolute atomic E-state index is 0.0680. The van der Waals surface area contributed by atoms with Crippen molar-refractivity contribution in [3.05, 3.63) is 93.2 Å². The van der Waals surface area contributed by atoms with Crippen LogP contribution in [0.15, 0.2) is 82.7 Å². The second-order valence-corrected chi connectivity index (χ2v) is 8.86. The van der Waals surface area contributed by atoms with Crippen molar-refractivity contribution in [1.29, 1.82) is 0 Å². The molecule has 0 aliphatic rings. The summed E-state index contributed by atoms with van der Waals surface area (Å²) >= 11 is 13.3. The van der Waals surface area contributed by atoms with Crippen LogP contribution in [0.4, 0.5) is 5.69 Å². The van der Waals surface area contributed by atoms with Crippen LogP contribution in [0, 0.1) is 0 Å². The van der Waals surface area contributed by atoms with Crippen molar-refractivity contribution in [3.8, 4) is 5.69 Å². The molecule has 0 saturated heterocycles. The zero-order valence-electron chi connectivity index (χ0n) is 16.9. The van der Waals surface area contributed by atoms with Crippen LogP contribution in [0.25, 0.3) is 22.4 Å². The molecule has 5 rings (SSSR count). The fourth-order valence-electron chi connectivity index (χ4n) is 3.49. The highest BCUT2D eigenvalue weighted by Crippen LogP contribution is 2.27. The van der Waals surface area contributed by atoms with Crippen LogP contribution >= 0.6 is 35.0 Å². The molecule has 2 heterocycles. The molecule has 2 aromatic heterocycles. The van der Waals surface area contributed by atoms with E-state index in [2.05, 4.69) is 15.5 Å². The van der Waals surface area contributed by atoms with Crippen molar-refractivity contribution in [2.24, 2.45) is 0 Å². The number of nitrogens with zero attached hydrogens (tertiary/aromatic N) is 4. The Balaban J connectivity index is 1.53. The van der Waals surface area contributed by atoms with Crippen molar-refractivity contribution in [2.75, 3.05) is 11.1 Å². The molecule has 0 atom stereocenters. The summed E-state index contributed by atoms with van der Waals surface area (Å²) in [7, 11) is 0. The Morgan fingerprint density at radius 3 is 2.52 bits per heavy atom. The lowest BCUT2D eigenvalue weighted by Gasteiger charge is -2.11. The third-order valence-electron chi connectivity index (χ3n) is 4.95. The molecule has 0 aliphatic heterocycles. The lowest BCUT2D eigenvalue weighted by atomic mass is 10.2. The van der Waals surface area contributed by atoms with Crippen molar-refractivity contribution in [1.82, 2.24) is 19.2 Å². The number of anilines is 1. The summed E-state index contributed by atoms with van der Waals surface area (Å²) in [6.45, 7) is 0. The van der Waals surface area contributed by atoms with E-state index >= 15 is 0 Å². The summed E-state index contributed by atoms with van der Waals surface area (Å²) in [5, 5.41) is 13.2. The highest BCUT2D eigenvalue weighted by molar-refractivity contribution is 7.99. The Bertz CT molecular complexity index is 1570. The number of halogens is 2. The number of hydrogen-bond acceptors (Lipinski definition) is 5.